The summed E-state index contributed by atoms with van der Waals surface area (Å²) >= 11 is 7.01. The highest BCUT2D eigenvalue weighted by atomic mass is 35.5. The number of nitrogen functional groups attached to an aromatic ring is 1. The maximum atomic E-state index is 11.1. The molecule has 0 bridgehead atoms. The van der Waals surface area contributed by atoms with Crippen molar-refractivity contribution in [1.82, 2.24) is 4.98 Å². The zero-order valence-electron chi connectivity index (χ0n) is 13.3. The molecule has 3 N–H and O–H groups in total. The van der Waals surface area contributed by atoms with Gasteiger partial charge in [-0.05, 0) is 43.3 Å². The Morgan fingerprint density at radius 3 is 2.36 bits per heavy atom. The molecule has 25 heavy (non-hydrogen) atoms. The molecule has 3 rings (SSSR count). The Morgan fingerprint density at radius 1 is 1.16 bits per heavy atom. The summed E-state index contributed by atoms with van der Waals surface area (Å²) in [7, 11) is 0. The van der Waals surface area contributed by atoms with E-state index in [-0.39, 0.29) is 0 Å². The van der Waals surface area contributed by atoms with Gasteiger partial charge in [0, 0.05) is 21.8 Å². The van der Waals surface area contributed by atoms with Crippen molar-refractivity contribution in [3.05, 3.63) is 53.6 Å². The van der Waals surface area contributed by atoms with E-state index in [1.165, 1.54) is 0 Å². The lowest BCUT2D eigenvalue weighted by Gasteiger charge is -2.02. The van der Waals surface area contributed by atoms with Crippen LogP contribution in [0.1, 0.15) is 6.92 Å². The van der Waals surface area contributed by atoms with Crippen molar-refractivity contribution in [2.45, 2.75) is 17.4 Å². The SMILES string of the molecule is CC(Sc1nc(-c2ccc(N)cc2)c(-c2ccc(Cl)cc2)o1)C(=O)O. The van der Waals surface area contributed by atoms with E-state index in [9.17, 15) is 4.79 Å². The Hall–Kier alpha value is -2.44. The number of benzene rings is 2. The van der Waals surface area contributed by atoms with E-state index >= 15 is 0 Å². The fourth-order valence-corrected chi connectivity index (χ4v) is 2.99. The molecule has 1 aromatic heterocycles. The van der Waals surface area contributed by atoms with Crippen LogP contribution in [-0.4, -0.2) is 21.3 Å². The number of thioether (sulfide) groups is 1. The van der Waals surface area contributed by atoms with E-state index in [1.807, 2.05) is 24.3 Å². The third-order valence-electron chi connectivity index (χ3n) is 3.52. The number of hydrogen-bond donors (Lipinski definition) is 2. The number of nitrogens with zero attached hydrogens (tertiary/aromatic N) is 1. The minimum Gasteiger partial charge on any atom is -0.480 e. The average molecular weight is 375 g/mol. The van der Waals surface area contributed by atoms with Crippen LogP contribution in [0, 0.1) is 0 Å². The van der Waals surface area contributed by atoms with Gasteiger partial charge in [0.2, 0.25) is 0 Å². The number of rotatable bonds is 5. The molecule has 3 aromatic rings. The van der Waals surface area contributed by atoms with Crippen LogP contribution >= 0.6 is 23.4 Å². The summed E-state index contributed by atoms with van der Waals surface area (Å²) < 4.78 is 5.86. The van der Waals surface area contributed by atoms with Crippen LogP contribution in [0.25, 0.3) is 22.6 Å². The Kier molecular flexibility index (Phi) is 5.01. The van der Waals surface area contributed by atoms with Gasteiger partial charge in [0.15, 0.2) is 5.76 Å². The van der Waals surface area contributed by atoms with Crippen molar-refractivity contribution in [1.29, 1.82) is 0 Å². The molecule has 0 aliphatic heterocycles. The van der Waals surface area contributed by atoms with Gasteiger partial charge in [-0.3, -0.25) is 4.79 Å². The van der Waals surface area contributed by atoms with Crippen molar-refractivity contribution >= 4 is 35.0 Å². The molecule has 1 unspecified atom stereocenters. The Bertz CT molecular complexity index is 829. The second-order valence-electron chi connectivity index (χ2n) is 5.38. The minimum absolute atomic E-state index is 0.298. The largest absolute Gasteiger partial charge is 0.480 e. The van der Waals surface area contributed by atoms with E-state index in [2.05, 4.69) is 4.98 Å². The maximum absolute atomic E-state index is 11.1. The lowest BCUT2D eigenvalue weighted by Crippen LogP contribution is -2.10. The Labute approximate surface area is 153 Å². The number of hydrogen-bond acceptors (Lipinski definition) is 5. The number of carboxylic acid groups (broad SMARTS) is 1. The van der Waals surface area contributed by atoms with Gasteiger partial charge in [0.25, 0.3) is 5.22 Å². The number of carbonyl (C=O) groups is 1. The molecule has 0 fully saturated rings. The monoisotopic (exact) mass is 374 g/mol. The van der Waals surface area contributed by atoms with Crippen LogP contribution < -0.4 is 5.73 Å². The first-order chi connectivity index (χ1) is 11.9. The van der Waals surface area contributed by atoms with Gasteiger partial charge in [-0.15, -0.1) is 0 Å². The minimum atomic E-state index is -0.926. The maximum Gasteiger partial charge on any atom is 0.316 e. The van der Waals surface area contributed by atoms with Gasteiger partial charge in [-0.25, -0.2) is 4.98 Å². The van der Waals surface area contributed by atoms with Crippen LogP contribution in [0.4, 0.5) is 5.69 Å². The van der Waals surface area contributed by atoms with Gasteiger partial charge < -0.3 is 15.3 Å². The van der Waals surface area contributed by atoms with Crippen LogP contribution in [0.3, 0.4) is 0 Å². The van der Waals surface area contributed by atoms with E-state index in [0.29, 0.717) is 27.4 Å². The average Bonchev–Trinajstić information content (AvgIpc) is 3.00. The molecule has 128 valence electrons. The Balaban J connectivity index is 2.07. The van der Waals surface area contributed by atoms with Crippen LogP contribution in [-0.2, 0) is 4.79 Å². The molecule has 0 amide bonds. The first-order valence-electron chi connectivity index (χ1n) is 7.46. The van der Waals surface area contributed by atoms with Crippen molar-refractivity contribution in [3.8, 4) is 22.6 Å². The quantitative estimate of drug-likeness (QED) is 0.492. The zero-order chi connectivity index (χ0) is 18.0. The molecule has 7 heteroatoms. The normalized spacial score (nSPS) is 12.1. The molecule has 0 saturated heterocycles. The van der Waals surface area contributed by atoms with Crippen LogP contribution in [0.2, 0.25) is 5.02 Å². The molecular weight excluding hydrogens is 360 g/mol. The summed E-state index contributed by atoms with van der Waals surface area (Å²) in [6.45, 7) is 1.59. The van der Waals surface area contributed by atoms with E-state index in [1.54, 1.807) is 31.2 Å². The first kappa shape index (κ1) is 17.4. The standard InChI is InChI=1S/C18H15ClN2O3S/c1-10(17(22)23)25-18-21-15(11-4-8-14(20)9-5-11)16(24-18)12-2-6-13(19)7-3-12/h2-10H,20H2,1H3,(H,22,23). The molecular formula is C18H15ClN2O3S. The smallest absolute Gasteiger partial charge is 0.316 e. The number of nitrogens with two attached hydrogens (primary N) is 1. The lowest BCUT2D eigenvalue weighted by atomic mass is 10.1. The number of oxazole rings is 1. The topological polar surface area (TPSA) is 89.4 Å². The predicted molar refractivity (Wildman–Crippen MR) is 99.8 cm³/mol. The first-order valence-corrected chi connectivity index (χ1v) is 8.72. The molecule has 0 aliphatic rings. The highest BCUT2D eigenvalue weighted by Crippen LogP contribution is 2.37. The summed E-state index contributed by atoms with van der Waals surface area (Å²) in [6.07, 6.45) is 0. The highest BCUT2D eigenvalue weighted by Gasteiger charge is 2.21. The van der Waals surface area contributed by atoms with Crippen LogP contribution in [0.5, 0.6) is 0 Å². The molecule has 0 radical (unpaired) electrons. The third kappa shape index (κ3) is 3.97. The predicted octanol–water partition coefficient (Wildman–Crippen LogP) is 4.81. The van der Waals surface area contributed by atoms with Crippen molar-refractivity contribution in [2.75, 3.05) is 5.73 Å². The summed E-state index contributed by atoms with van der Waals surface area (Å²) in [5.41, 5.74) is 8.66. The second kappa shape index (κ2) is 7.21. The number of aliphatic carboxylic acids is 1. The fraction of sp³-hybridized carbons (Fsp3) is 0.111. The Morgan fingerprint density at radius 2 is 1.76 bits per heavy atom. The lowest BCUT2D eigenvalue weighted by molar-refractivity contribution is -0.136. The second-order valence-corrected chi connectivity index (χ2v) is 7.11. The van der Waals surface area contributed by atoms with Crippen LogP contribution in [0.15, 0.2) is 58.2 Å². The molecule has 0 aliphatic carbocycles. The van der Waals surface area contributed by atoms with Crippen molar-refractivity contribution in [2.24, 2.45) is 0 Å². The highest BCUT2D eigenvalue weighted by molar-refractivity contribution is 8.00. The summed E-state index contributed by atoms with van der Waals surface area (Å²) in [5, 5.41) is 9.34. The van der Waals surface area contributed by atoms with Gasteiger partial charge in [-0.2, -0.15) is 0 Å². The number of carboxylic acids is 1. The van der Waals surface area contributed by atoms with Gasteiger partial charge in [0.1, 0.15) is 10.9 Å². The van der Waals surface area contributed by atoms with E-state index in [4.69, 9.17) is 26.9 Å². The molecule has 2 aromatic carbocycles. The van der Waals surface area contributed by atoms with Gasteiger partial charge in [-0.1, -0.05) is 35.5 Å². The molecule has 0 saturated carbocycles. The molecule has 1 heterocycles. The van der Waals surface area contributed by atoms with Crippen molar-refractivity contribution < 1.29 is 14.3 Å². The van der Waals surface area contributed by atoms with Gasteiger partial charge >= 0.3 is 5.97 Å². The third-order valence-corrected chi connectivity index (χ3v) is 4.71. The zero-order valence-corrected chi connectivity index (χ0v) is 14.8. The van der Waals surface area contributed by atoms with Crippen molar-refractivity contribution in [3.63, 3.8) is 0 Å². The number of aromatic nitrogens is 1. The molecule has 0 spiro atoms. The number of halogens is 1. The van der Waals surface area contributed by atoms with E-state index in [0.717, 1.165) is 22.9 Å². The molecule has 5 nitrogen and oxygen atoms in total. The number of anilines is 1. The summed E-state index contributed by atoms with van der Waals surface area (Å²) in [5.74, 6) is -0.369. The fourth-order valence-electron chi connectivity index (χ4n) is 2.19. The summed E-state index contributed by atoms with van der Waals surface area (Å²) in [4.78, 5) is 15.6. The van der Waals surface area contributed by atoms with Gasteiger partial charge in [0.05, 0.1) is 0 Å². The van der Waals surface area contributed by atoms with E-state index < -0.39 is 11.2 Å². The molecule has 1 atom stereocenters. The summed E-state index contributed by atoms with van der Waals surface area (Å²) in [6, 6.07) is 14.4.